The molecular formula is C44H14F2N10. The second kappa shape index (κ2) is 14.0. The van der Waals surface area contributed by atoms with E-state index in [0.29, 0.717) is 0 Å². The van der Waals surface area contributed by atoms with Gasteiger partial charge in [-0.1, -0.05) is 30.3 Å². The summed E-state index contributed by atoms with van der Waals surface area (Å²) < 4.78 is 28.6. The van der Waals surface area contributed by atoms with Gasteiger partial charge >= 0.3 is 0 Å². The molecular weight excluding hydrogens is 707 g/mol. The number of hydrogen-bond donors (Lipinski definition) is 0. The maximum Gasteiger partial charge on any atom is 0.220 e. The molecule has 0 saturated heterocycles. The van der Waals surface area contributed by atoms with Crippen molar-refractivity contribution in [1.82, 2.24) is 9.97 Å². The van der Waals surface area contributed by atoms with Crippen molar-refractivity contribution in [1.29, 1.82) is 26.3 Å². The number of halogens is 2. The average Bonchev–Trinajstić information content (AvgIpc) is 3.75. The van der Waals surface area contributed by atoms with Gasteiger partial charge in [-0.15, -0.1) is 0 Å². The summed E-state index contributed by atoms with van der Waals surface area (Å²) in [5, 5.41) is 53.4. The molecule has 2 aliphatic rings. The largest absolute Gasteiger partial charge is 0.267 e. The van der Waals surface area contributed by atoms with Gasteiger partial charge < -0.3 is 0 Å². The second-order valence-electron chi connectivity index (χ2n) is 11.9. The topological polar surface area (TPSA) is 158 Å². The molecule has 2 heterocycles. The molecule has 0 bridgehead atoms. The van der Waals surface area contributed by atoms with E-state index in [0.717, 1.165) is 24.3 Å². The molecule has 0 unspecified atom stereocenters. The molecule has 0 radical (unpaired) electrons. The van der Waals surface area contributed by atoms with Crippen LogP contribution in [-0.2, 0) is 0 Å². The van der Waals surface area contributed by atoms with Gasteiger partial charge in [0.05, 0.1) is 65.0 Å². The summed E-state index contributed by atoms with van der Waals surface area (Å²) in [6.45, 7) is 24.2. The van der Waals surface area contributed by atoms with Crippen molar-refractivity contribution in [2.75, 3.05) is 0 Å². The summed E-state index contributed by atoms with van der Waals surface area (Å²) in [5.41, 5.74) is -0.284. The van der Waals surface area contributed by atoms with Crippen LogP contribution in [0.4, 0.5) is 14.5 Å². The Morgan fingerprint density at radius 2 is 1.16 bits per heavy atom. The van der Waals surface area contributed by atoms with E-state index in [-0.39, 0.29) is 112 Å². The van der Waals surface area contributed by atoms with Gasteiger partial charge in [0.2, 0.25) is 17.1 Å². The highest BCUT2D eigenvalue weighted by Gasteiger charge is 2.43. The zero-order valence-corrected chi connectivity index (χ0v) is 28.3. The predicted molar refractivity (Wildman–Crippen MR) is 200 cm³/mol. The Balaban J connectivity index is 1.75. The van der Waals surface area contributed by atoms with Crippen LogP contribution < -0.4 is 0 Å². The molecule has 0 aliphatic heterocycles. The molecule has 56 heavy (non-hydrogen) atoms. The van der Waals surface area contributed by atoms with Crippen molar-refractivity contribution in [2.45, 2.75) is 0 Å². The molecule has 2 aliphatic carbocycles. The van der Waals surface area contributed by atoms with Crippen molar-refractivity contribution < 1.29 is 8.78 Å². The van der Waals surface area contributed by atoms with E-state index in [1.807, 2.05) is 6.07 Å². The van der Waals surface area contributed by atoms with Gasteiger partial charge in [-0.05, 0) is 75.9 Å². The van der Waals surface area contributed by atoms with Crippen LogP contribution in [0.15, 0.2) is 85.2 Å². The standard InChI is InChI=1S/C44H14F2N10/c1-52-28-13-15-33(56-22-28)29(17-48)38-36(25-7-11-27(46)12-8-25)44(54-3)41-31(19-50)37-30(18-49)35(24-5-9-26(45)10-6-24)42(39(37)32(20-51)40(38)41)43(53-2)34-14-4-23(16-47)21-55-34/h4-15,21-22H/b38-29+,43-42-. The fourth-order valence-electron chi connectivity index (χ4n) is 6.90. The molecule has 2 aromatic heterocycles. The quantitative estimate of drug-likeness (QED) is 0.132. The van der Waals surface area contributed by atoms with Crippen LogP contribution in [0.2, 0.25) is 0 Å². The van der Waals surface area contributed by atoms with E-state index in [9.17, 15) is 35.1 Å². The fraction of sp³-hybridized carbons (Fsp3) is 0. The second-order valence-corrected chi connectivity index (χ2v) is 11.9. The third-order valence-electron chi connectivity index (χ3n) is 9.17. The highest BCUT2D eigenvalue weighted by molar-refractivity contribution is 6.35. The Kier molecular flexibility index (Phi) is 8.79. The maximum absolute atomic E-state index is 14.3. The van der Waals surface area contributed by atoms with Crippen molar-refractivity contribution in [2.24, 2.45) is 0 Å². The average molecular weight is 721 g/mol. The highest BCUT2D eigenvalue weighted by Crippen LogP contribution is 2.59. The number of allylic oxidation sites excluding steroid dienone is 6. The van der Waals surface area contributed by atoms with Gasteiger partial charge in [0.25, 0.3) is 0 Å². The molecule has 5 aromatic rings. The predicted octanol–water partition coefficient (Wildman–Crippen LogP) is 9.39. The number of nitriles is 5. The third-order valence-corrected chi connectivity index (χ3v) is 9.17. The van der Waals surface area contributed by atoms with Crippen LogP contribution in [-0.4, -0.2) is 9.97 Å². The number of aromatic nitrogens is 2. The van der Waals surface area contributed by atoms with E-state index in [1.54, 1.807) is 0 Å². The number of hydrogen-bond acceptors (Lipinski definition) is 7. The van der Waals surface area contributed by atoms with Crippen LogP contribution in [0.25, 0.3) is 59.4 Å². The normalized spacial score (nSPS) is 14.0. The molecule has 12 heteroatoms. The van der Waals surface area contributed by atoms with Crippen molar-refractivity contribution >= 4 is 50.5 Å². The van der Waals surface area contributed by atoms with E-state index in [2.05, 4.69) is 48.8 Å². The van der Waals surface area contributed by atoms with Gasteiger partial charge in [0.15, 0.2) is 0 Å². The Morgan fingerprint density at radius 1 is 0.571 bits per heavy atom. The minimum absolute atomic E-state index is 0.00651. The van der Waals surface area contributed by atoms with Gasteiger partial charge in [-0.2, -0.15) is 26.3 Å². The number of benzene rings is 3. The number of rotatable bonds is 4. The highest BCUT2D eigenvalue weighted by atomic mass is 19.1. The molecule has 10 nitrogen and oxygen atoms in total. The Labute approximate surface area is 317 Å². The third kappa shape index (κ3) is 5.32. The number of nitrogens with zero attached hydrogens (tertiary/aromatic N) is 10. The van der Waals surface area contributed by atoms with E-state index in [1.165, 1.54) is 60.9 Å². The lowest BCUT2D eigenvalue weighted by molar-refractivity contribution is 0.627. The van der Waals surface area contributed by atoms with Crippen LogP contribution in [0.1, 0.15) is 61.5 Å². The lowest BCUT2D eigenvalue weighted by Crippen LogP contribution is -2.05. The monoisotopic (exact) mass is 720 g/mol. The summed E-state index contributed by atoms with van der Waals surface area (Å²) in [6.07, 6.45) is 2.48. The van der Waals surface area contributed by atoms with E-state index >= 15 is 0 Å². The van der Waals surface area contributed by atoms with E-state index < -0.39 is 11.6 Å². The minimum atomic E-state index is -0.598. The summed E-state index contributed by atoms with van der Waals surface area (Å²) in [6, 6.07) is 26.3. The lowest BCUT2D eigenvalue weighted by atomic mass is 9.82. The van der Waals surface area contributed by atoms with Gasteiger partial charge in [0.1, 0.15) is 35.9 Å². The molecule has 0 saturated carbocycles. The van der Waals surface area contributed by atoms with E-state index in [4.69, 9.17) is 19.7 Å². The number of pyridine rings is 2. The zero-order chi connectivity index (χ0) is 39.7. The molecule has 7 rings (SSSR count). The Hall–Kier alpha value is -9.30. The summed E-state index contributed by atoms with van der Waals surface area (Å²) >= 11 is 0. The zero-order valence-electron chi connectivity index (χ0n) is 28.3. The van der Waals surface area contributed by atoms with Gasteiger partial charge in [-0.3, -0.25) is 9.97 Å². The first-order chi connectivity index (χ1) is 27.3. The minimum Gasteiger partial charge on any atom is -0.267 e. The maximum atomic E-state index is 14.3. The molecule has 3 aromatic carbocycles. The molecule has 0 N–H and O–H groups in total. The first-order valence-electron chi connectivity index (χ1n) is 16.1. The SMILES string of the molecule is [C-]#[N+]C1=C(c2ccc(F)cc2)/C(=C(/C#N)c2ccc([N+]#[C-])cn2)c2c(C#N)c3c(c(C#N)c21)C(C#N)=C(c1ccc(F)cc1)/C3=C(/[N+]#[C-])c1ccc(C#N)cn1. The Morgan fingerprint density at radius 3 is 1.64 bits per heavy atom. The molecule has 254 valence electrons. The van der Waals surface area contributed by atoms with Crippen molar-refractivity contribution in [3.63, 3.8) is 0 Å². The number of fused-ring (bicyclic) bond motifs is 2. The van der Waals surface area contributed by atoms with Crippen LogP contribution in [0.3, 0.4) is 0 Å². The Bertz CT molecular complexity index is 2880. The molecule has 0 amide bonds. The first-order valence-corrected chi connectivity index (χ1v) is 16.1. The van der Waals surface area contributed by atoms with Gasteiger partial charge in [0, 0.05) is 34.7 Å². The first kappa shape index (κ1) is 35.1. The molecule has 0 spiro atoms. The summed E-state index contributed by atoms with van der Waals surface area (Å²) in [7, 11) is 0. The molecule has 0 atom stereocenters. The van der Waals surface area contributed by atoms with Gasteiger partial charge in [-0.25, -0.2) is 23.3 Å². The molecule has 0 fully saturated rings. The fourth-order valence-corrected chi connectivity index (χ4v) is 6.90. The van der Waals surface area contributed by atoms with Crippen LogP contribution >= 0.6 is 0 Å². The van der Waals surface area contributed by atoms with Crippen LogP contribution in [0.5, 0.6) is 0 Å². The van der Waals surface area contributed by atoms with Crippen molar-refractivity contribution in [3.05, 3.63) is 193 Å². The lowest BCUT2D eigenvalue weighted by Gasteiger charge is -2.18. The summed E-state index contributed by atoms with van der Waals surface area (Å²) in [5.74, 6) is -1.19. The summed E-state index contributed by atoms with van der Waals surface area (Å²) in [4.78, 5) is 19.6. The van der Waals surface area contributed by atoms with Crippen LogP contribution in [0, 0.1) is 88.0 Å². The smallest absolute Gasteiger partial charge is 0.220 e. The van der Waals surface area contributed by atoms with Crippen molar-refractivity contribution in [3.8, 4) is 30.3 Å².